The van der Waals surface area contributed by atoms with E-state index in [0.717, 1.165) is 21.9 Å². The van der Waals surface area contributed by atoms with Crippen LogP contribution in [0.4, 0.5) is 0 Å². The van der Waals surface area contributed by atoms with Crippen LogP contribution in [0.1, 0.15) is 5.69 Å². The lowest BCUT2D eigenvalue weighted by Gasteiger charge is -2.08. The first-order valence-electron chi connectivity index (χ1n) is 6.94. The Hall–Kier alpha value is -2.78. The molecule has 0 unspecified atom stereocenters. The summed E-state index contributed by atoms with van der Waals surface area (Å²) in [6.07, 6.45) is 3.48. The lowest BCUT2D eigenvalue weighted by molar-refractivity contribution is 0.355. The molecule has 0 fully saturated rings. The predicted molar refractivity (Wildman–Crippen MR) is 102 cm³/mol. The van der Waals surface area contributed by atoms with Crippen molar-refractivity contribution in [3.63, 3.8) is 0 Å². The highest BCUT2D eigenvalue weighted by atomic mass is 35.5. The monoisotopic (exact) mass is 380 g/mol. The third kappa shape index (κ3) is 3.67. The molecule has 3 rings (SSSR count). The highest BCUT2D eigenvalue weighted by molar-refractivity contribution is 7.15. The van der Waals surface area contributed by atoms with Gasteiger partial charge in [0.15, 0.2) is 16.5 Å². The number of aromatic nitrogens is 2. The van der Waals surface area contributed by atoms with Gasteiger partial charge < -0.3 is 20.9 Å². The minimum Gasteiger partial charge on any atom is -0.493 e. The van der Waals surface area contributed by atoms with E-state index in [1.165, 1.54) is 11.3 Å². The number of methoxy groups -OCH3 is 2. The molecule has 0 radical (unpaired) electrons. The molecule has 0 aliphatic carbocycles. The number of ether oxygens (including phenoxy) is 2. The van der Waals surface area contributed by atoms with Crippen LogP contribution in [0.25, 0.3) is 16.2 Å². The molecule has 2 aromatic heterocycles. The largest absolute Gasteiger partial charge is 0.493 e. The topological polar surface area (TPSA) is 113 Å². The molecule has 3 aromatic rings. The molecule has 0 spiro atoms. The number of halogens is 1. The van der Waals surface area contributed by atoms with E-state index in [-0.39, 0.29) is 18.4 Å². The summed E-state index contributed by atoms with van der Waals surface area (Å²) in [4.78, 5) is 5.49. The van der Waals surface area contributed by atoms with Crippen molar-refractivity contribution in [1.29, 1.82) is 0 Å². The molecule has 8 nitrogen and oxygen atoms in total. The zero-order valence-corrected chi connectivity index (χ0v) is 15.2. The number of nitrogens with two attached hydrogens (primary N) is 2. The predicted octanol–water partition coefficient (Wildman–Crippen LogP) is 2.11. The Bertz CT molecular complexity index is 929. The van der Waals surface area contributed by atoms with E-state index in [0.29, 0.717) is 11.5 Å². The van der Waals surface area contributed by atoms with Crippen molar-refractivity contribution in [1.82, 2.24) is 9.38 Å². The second kappa shape index (κ2) is 7.86. The lowest BCUT2D eigenvalue weighted by atomic mass is 10.1. The van der Waals surface area contributed by atoms with Gasteiger partial charge in [0.25, 0.3) is 0 Å². The number of guanidine groups is 1. The molecule has 2 heterocycles. The minimum absolute atomic E-state index is 0. The average Bonchev–Trinajstić information content (AvgIpc) is 3.16. The van der Waals surface area contributed by atoms with Crippen LogP contribution in [0.5, 0.6) is 11.5 Å². The number of imidazole rings is 1. The van der Waals surface area contributed by atoms with E-state index < -0.39 is 0 Å². The van der Waals surface area contributed by atoms with Crippen molar-refractivity contribution < 1.29 is 9.47 Å². The van der Waals surface area contributed by atoms with Crippen LogP contribution < -0.4 is 20.9 Å². The van der Waals surface area contributed by atoms with Gasteiger partial charge in [-0.15, -0.1) is 28.8 Å². The van der Waals surface area contributed by atoms with Crippen molar-refractivity contribution in [2.24, 2.45) is 21.7 Å². The molecular formula is C15H17ClN6O2S. The Labute approximate surface area is 154 Å². The van der Waals surface area contributed by atoms with E-state index in [1.54, 1.807) is 20.4 Å². The third-order valence-corrected chi connectivity index (χ3v) is 4.07. The summed E-state index contributed by atoms with van der Waals surface area (Å²) >= 11 is 1.52. The molecule has 0 amide bonds. The fourth-order valence-corrected chi connectivity index (χ4v) is 2.99. The number of benzene rings is 1. The molecule has 0 bridgehead atoms. The maximum Gasteiger partial charge on any atom is 0.211 e. The summed E-state index contributed by atoms with van der Waals surface area (Å²) in [6.45, 7) is 0. The van der Waals surface area contributed by atoms with Gasteiger partial charge in [-0.05, 0) is 18.2 Å². The van der Waals surface area contributed by atoms with E-state index in [1.807, 2.05) is 34.2 Å². The molecule has 0 atom stereocenters. The van der Waals surface area contributed by atoms with Crippen LogP contribution in [-0.2, 0) is 0 Å². The molecule has 10 heteroatoms. The summed E-state index contributed by atoms with van der Waals surface area (Å²) in [5.74, 6) is 1.17. The molecule has 4 N–H and O–H groups in total. The molecular weight excluding hydrogens is 364 g/mol. The Morgan fingerprint density at radius 3 is 2.68 bits per heavy atom. The Kier molecular flexibility index (Phi) is 5.84. The SMILES string of the molecule is COc1ccc(-c2nc3sccn3c2/C=N/N=C(N)N)cc1OC.Cl. The average molecular weight is 381 g/mol. The van der Waals surface area contributed by atoms with Crippen LogP contribution in [0, 0.1) is 0 Å². The van der Waals surface area contributed by atoms with Gasteiger partial charge in [-0.1, -0.05) is 0 Å². The zero-order valence-electron chi connectivity index (χ0n) is 13.5. The zero-order chi connectivity index (χ0) is 17.1. The number of hydrogen-bond donors (Lipinski definition) is 2. The van der Waals surface area contributed by atoms with E-state index in [4.69, 9.17) is 20.9 Å². The number of nitrogens with zero attached hydrogens (tertiary/aromatic N) is 4. The Morgan fingerprint density at radius 2 is 2.00 bits per heavy atom. The number of fused-ring (bicyclic) bond motifs is 1. The van der Waals surface area contributed by atoms with Crippen LogP contribution in [0.3, 0.4) is 0 Å². The highest BCUT2D eigenvalue weighted by Gasteiger charge is 2.15. The maximum atomic E-state index is 5.36. The minimum atomic E-state index is -0.106. The summed E-state index contributed by atoms with van der Waals surface area (Å²) in [7, 11) is 3.19. The van der Waals surface area contributed by atoms with Crippen molar-refractivity contribution in [3.8, 4) is 22.8 Å². The first-order valence-corrected chi connectivity index (χ1v) is 7.82. The fraction of sp³-hybridized carbons (Fsp3) is 0.133. The number of rotatable bonds is 5. The molecule has 132 valence electrons. The van der Waals surface area contributed by atoms with Crippen LogP contribution >= 0.6 is 23.7 Å². The second-order valence-corrected chi connectivity index (χ2v) is 5.61. The van der Waals surface area contributed by atoms with Gasteiger partial charge >= 0.3 is 0 Å². The third-order valence-electron chi connectivity index (χ3n) is 3.31. The van der Waals surface area contributed by atoms with Gasteiger partial charge in [0, 0.05) is 17.1 Å². The molecule has 0 aliphatic heterocycles. The van der Waals surface area contributed by atoms with Gasteiger partial charge in [0.1, 0.15) is 0 Å². The quantitative estimate of drug-likeness (QED) is 0.400. The lowest BCUT2D eigenvalue weighted by Crippen LogP contribution is -2.21. The van der Waals surface area contributed by atoms with E-state index >= 15 is 0 Å². The summed E-state index contributed by atoms with van der Waals surface area (Å²) in [5.41, 5.74) is 13.0. The van der Waals surface area contributed by atoms with E-state index in [9.17, 15) is 0 Å². The standard InChI is InChI=1S/C15H16N6O2S.ClH/c1-22-11-4-3-9(7-12(11)23-2)13-10(8-18-20-14(16)17)21-5-6-24-15(21)19-13;/h3-8H,1-2H3,(H4,16,17,20);1H/b18-8+;. The van der Waals surface area contributed by atoms with Crippen LogP contribution in [0.2, 0.25) is 0 Å². The van der Waals surface area contributed by atoms with Crippen molar-refractivity contribution in [2.45, 2.75) is 0 Å². The van der Waals surface area contributed by atoms with Crippen LogP contribution in [-0.4, -0.2) is 35.8 Å². The molecule has 25 heavy (non-hydrogen) atoms. The van der Waals surface area contributed by atoms with Gasteiger partial charge in [-0.25, -0.2) is 4.98 Å². The van der Waals surface area contributed by atoms with Crippen molar-refractivity contribution in [3.05, 3.63) is 35.5 Å². The van der Waals surface area contributed by atoms with Crippen LogP contribution in [0.15, 0.2) is 40.0 Å². The van der Waals surface area contributed by atoms with Gasteiger partial charge in [0.2, 0.25) is 5.96 Å². The number of hydrogen-bond acceptors (Lipinski definition) is 6. The fourth-order valence-electron chi connectivity index (χ4n) is 2.27. The van der Waals surface area contributed by atoms with Crippen molar-refractivity contribution in [2.75, 3.05) is 14.2 Å². The van der Waals surface area contributed by atoms with Gasteiger partial charge in [0.05, 0.1) is 31.8 Å². The normalized spacial score (nSPS) is 10.6. The summed E-state index contributed by atoms with van der Waals surface area (Å²) in [6, 6.07) is 5.60. The first-order chi connectivity index (χ1) is 11.6. The molecule has 0 aliphatic rings. The highest BCUT2D eigenvalue weighted by Crippen LogP contribution is 2.33. The van der Waals surface area contributed by atoms with Gasteiger partial charge in [-0.3, -0.25) is 4.40 Å². The Morgan fingerprint density at radius 1 is 1.24 bits per heavy atom. The molecule has 0 saturated carbocycles. The van der Waals surface area contributed by atoms with Crippen molar-refractivity contribution >= 4 is 40.9 Å². The second-order valence-electron chi connectivity index (χ2n) is 4.74. The first kappa shape index (κ1) is 18.6. The van der Waals surface area contributed by atoms with Gasteiger partial charge in [-0.2, -0.15) is 5.10 Å². The smallest absolute Gasteiger partial charge is 0.211 e. The van der Waals surface area contributed by atoms with E-state index in [2.05, 4.69) is 15.2 Å². The molecule has 0 saturated heterocycles. The summed E-state index contributed by atoms with van der Waals surface area (Å²) < 4.78 is 12.6. The summed E-state index contributed by atoms with van der Waals surface area (Å²) in [5, 5.41) is 9.50. The Balaban J connectivity index is 0.00000225. The number of thiazole rings is 1. The molecule has 1 aromatic carbocycles. The maximum absolute atomic E-state index is 5.36.